The number of amides is 2. The summed E-state index contributed by atoms with van der Waals surface area (Å²) in [5.41, 5.74) is -0.296. The predicted molar refractivity (Wildman–Crippen MR) is 79.5 cm³/mol. The first kappa shape index (κ1) is 15.5. The van der Waals surface area contributed by atoms with Crippen molar-refractivity contribution in [1.29, 1.82) is 0 Å². The van der Waals surface area contributed by atoms with E-state index in [9.17, 15) is 9.59 Å². The van der Waals surface area contributed by atoms with Crippen molar-refractivity contribution in [2.24, 2.45) is 5.41 Å². The molecule has 1 fully saturated rings. The highest BCUT2D eigenvalue weighted by atomic mass is 16.2. The predicted octanol–water partition coefficient (Wildman–Crippen LogP) is 0.953. The number of hydrogen-bond donors (Lipinski definition) is 1. The molecule has 0 aliphatic carbocycles. The summed E-state index contributed by atoms with van der Waals surface area (Å²) >= 11 is 0. The highest BCUT2D eigenvalue weighted by molar-refractivity contribution is 5.97. The van der Waals surface area contributed by atoms with E-state index in [4.69, 9.17) is 0 Å². The summed E-state index contributed by atoms with van der Waals surface area (Å²) in [5, 5.41) is 2.84. The Bertz CT molecular complexity index is 544. The first-order chi connectivity index (χ1) is 9.71. The third-order valence-corrected chi connectivity index (χ3v) is 4.04. The molecule has 21 heavy (non-hydrogen) atoms. The molecule has 1 saturated heterocycles. The highest BCUT2D eigenvalue weighted by Gasteiger charge is 2.43. The molecule has 2 amide bonds. The molecule has 2 atom stereocenters. The maximum absolute atomic E-state index is 12.7. The smallest absolute Gasteiger partial charge is 0.246 e. The minimum Gasteiger partial charge on any atom is -0.342 e. The van der Waals surface area contributed by atoms with Gasteiger partial charge in [0.05, 0.1) is 0 Å². The molecule has 116 valence electrons. The Morgan fingerprint density at radius 2 is 1.95 bits per heavy atom. The van der Waals surface area contributed by atoms with Crippen LogP contribution in [0, 0.1) is 12.3 Å². The fourth-order valence-corrected chi connectivity index (χ4v) is 2.57. The van der Waals surface area contributed by atoms with E-state index in [-0.39, 0.29) is 17.2 Å². The van der Waals surface area contributed by atoms with Gasteiger partial charge in [0.15, 0.2) is 0 Å². The quantitative estimate of drug-likeness (QED) is 0.902. The Morgan fingerprint density at radius 1 is 1.29 bits per heavy atom. The lowest BCUT2D eigenvalue weighted by Gasteiger charge is -2.42. The van der Waals surface area contributed by atoms with Gasteiger partial charge in [0.25, 0.3) is 0 Å². The number of hydrogen-bond acceptors (Lipinski definition) is 3. The fourth-order valence-electron chi connectivity index (χ4n) is 2.57. The maximum atomic E-state index is 12.7. The molecule has 0 spiro atoms. The minimum absolute atomic E-state index is 0.00707. The monoisotopic (exact) mass is 292 g/mol. The van der Waals surface area contributed by atoms with Crippen molar-refractivity contribution in [3.63, 3.8) is 0 Å². The lowest BCUT2D eigenvalue weighted by molar-refractivity contribution is -0.151. The molecule has 6 nitrogen and oxygen atoms in total. The van der Waals surface area contributed by atoms with E-state index in [2.05, 4.69) is 10.3 Å². The number of rotatable bonds is 3. The van der Waals surface area contributed by atoms with Gasteiger partial charge in [-0.1, -0.05) is 20.8 Å². The lowest BCUT2D eigenvalue weighted by Crippen LogP contribution is -2.66. The summed E-state index contributed by atoms with van der Waals surface area (Å²) in [7, 11) is 0. The maximum Gasteiger partial charge on any atom is 0.246 e. The average Bonchev–Trinajstić information content (AvgIpc) is 2.78. The van der Waals surface area contributed by atoms with Gasteiger partial charge in [0.1, 0.15) is 17.9 Å². The number of carbonyl (C=O) groups is 2. The molecular weight excluding hydrogens is 268 g/mol. The second-order valence-corrected chi connectivity index (χ2v) is 6.68. The number of piperazine rings is 1. The SMILES string of the molecule is Cc1nccn1CCN1C(=O)C(C(C)(C)C)NC(=O)C1C. The van der Waals surface area contributed by atoms with Gasteiger partial charge in [-0.25, -0.2) is 4.98 Å². The second kappa shape index (κ2) is 5.50. The molecule has 1 aromatic heterocycles. The van der Waals surface area contributed by atoms with Crippen molar-refractivity contribution in [1.82, 2.24) is 19.8 Å². The van der Waals surface area contributed by atoms with Crippen LogP contribution in [0.25, 0.3) is 0 Å². The first-order valence-corrected chi connectivity index (χ1v) is 7.30. The van der Waals surface area contributed by atoms with E-state index in [1.54, 1.807) is 18.0 Å². The first-order valence-electron chi connectivity index (χ1n) is 7.30. The van der Waals surface area contributed by atoms with Gasteiger partial charge in [-0.05, 0) is 19.3 Å². The summed E-state index contributed by atoms with van der Waals surface area (Å²) in [6, 6.07) is -0.898. The van der Waals surface area contributed by atoms with Crippen LogP contribution < -0.4 is 5.32 Å². The van der Waals surface area contributed by atoms with Crippen LogP contribution in [-0.2, 0) is 16.1 Å². The summed E-state index contributed by atoms with van der Waals surface area (Å²) in [4.78, 5) is 30.6. The van der Waals surface area contributed by atoms with Crippen LogP contribution in [0.2, 0.25) is 0 Å². The molecule has 1 aliphatic rings. The van der Waals surface area contributed by atoms with E-state index >= 15 is 0 Å². The standard InChI is InChI=1S/C15H24N4O2/c1-10-13(20)17-12(15(3,4)5)14(21)19(10)9-8-18-7-6-16-11(18)2/h6-7,10,12H,8-9H2,1-5H3,(H,17,20). The van der Waals surface area contributed by atoms with Crippen molar-refractivity contribution in [3.05, 3.63) is 18.2 Å². The van der Waals surface area contributed by atoms with Gasteiger partial charge in [0.2, 0.25) is 11.8 Å². The van der Waals surface area contributed by atoms with Crippen molar-refractivity contribution in [3.8, 4) is 0 Å². The lowest BCUT2D eigenvalue weighted by atomic mass is 9.84. The Hall–Kier alpha value is -1.85. The summed E-state index contributed by atoms with van der Waals surface area (Å²) in [5.74, 6) is 0.813. The molecule has 2 heterocycles. The molecule has 6 heteroatoms. The third kappa shape index (κ3) is 3.09. The molecule has 0 aromatic carbocycles. The van der Waals surface area contributed by atoms with Crippen molar-refractivity contribution in [2.45, 2.75) is 53.2 Å². The molecule has 0 bridgehead atoms. The molecule has 1 N–H and O–H groups in total. The molecule has 0 radical (unpaired) electrons. The summed E-state index contributed by atoms with van der Waals surface area (Å²) in [6.45, 7) is 10.7. The van der Waals surface area contributed by atoms with E-state index in [0.717, 1.165) is 5.82 Å². The zero-order valence-corrected chi connectivity index (χ0v) is 13.4. The Balaban J connectivity index is 2.14. The Morgan fingerprint density at radius 3 is 2.48 bits per heavy atom. The Kier molecular flexibility index (Phi) is 4.07. The number of aromatic nitrogens is 2. The van der Waals surface area contributed by atoms with Crippen LogP contribution >= 0.6 is 0 Å². The molecule has 1 aromatic rings. The number of carbonyl (C=O) groups excluding carboxylic acids is 2. The number of aryl methyl sites for hydroxylation is 1. The molecular formula is C15H24N4O2. The van der Waals surface area contributed by atoms with Crippen molar-refractivity contribution in [2.75, 3.05) is 6.54 Å². The topological polar surface area (TPSA) is 67.2 Å². The normalized spacial score (nSPS) is 23.4. The van der Waals surface area contributed by atoms with Crippen LogP contribution in [0.3, 0.4) is 0 Å². The fraction of sp³-hybridized carbons (Fsp3) is 0.667. The summed E-state index contributed by atoms with van der Waals surface area (Å²) < 4.78 is 1.98. The molecule has 2 rings (SSSR count). The van der Waals surface area contributed by atoms with Crippen LogP contribution in [0.1, 0.15) is 33.5 Å². The number of nitrogens with zero attached hydrogens (tertiary/aromatic N) is 3. The van der Waals surface area contributed by atoms with Gasteiger partial charge in [-0.2, -0.15) is 0 Å². The largest absolute Gasteiger partial charge is 0.342 e. The zero-order chi connectivity index (χ0) is 15.8. The van der Waals surface area contributed by atoms with Crippen molar-refractivity contribution < 1.29 is 9.59 Å². The Labute approximate surface area is 125 Å². The van der Waals surface area contributed by atoms with Gasteiger partial charge >= 0.3 is 0 Å². The molecule has 0 saturated carbocycles. The van der Waals surface area contributed by atoms with Gasteiger partial charge in [-0.15, -0.1) is 0 Å². The summed E-state index contributed by atoms with van der Waals surface area (Å²) in [6.07, 6.45) is 3.62. The van der Waals surface area contributed by atoms with Gasteiger partial charge in [-0.3, -0.25) is 9.59 Å². The van der Waals surface area contributed by atoms with Crippen LogP contribution in [-0.4, -0.2) is 44.9 Å². The van der Waals surface area contributed by atoms with Crippen molar-refractivity contribution >= 4 is 11.8 Å². The highest BCUT2D eigenvalue weighted by Crippen LogP contribution is 2.25. The minimum atomic E-state index is -0.468. The zero-order valence-electron chi connectivity index (χ0n) is 13.4. The molecule has 1 aliphatic heterocycles. The van der Waals surface area contributed by atoms with Gasteiger partial charge < -0.3 is 14.8 Å². The number of nitrogens with one attached hydrogen (secondary N) is 1. The third-order valence-electron chi connectivity index (χ3n) is 4.04. The van der Waals surface area contributed by atoms with E-state index < -0.39 is 12.1 Å². The van der Waals surface area contributed by atoms with E-state index in [0.29, 0.717) is 13.1 Å². The number of imidazole rings is 1. The second-order valence-electron chi connectivity index (χ2n) is 6.68. The van der Waals surface area contributed by atoms with E-state index in [1.165, 1.54) is 0 Å². The molecule has 2 unspecified atom stereocenters. The van der Waals surface area contributed by atoms with E-state index in [1.807, 2.05) is 38.5 Å². The average molecular weight is 292 g/mol. The van der Waals surface area contributed by atoms with Crippen LogP contribution in [0.15, 0.2) is 12.4 Å². The van der Waals surface area contributed by atoms with Crippen LogP contribution in [0.5, 0.6) is 0 Å². The van der Waals surface area contributed by atoms with Gasteiger partial charge in [0, 0.05) is 25.5 Å². The van der Waals surface area contributed by atoms with Crippen LogP contribution in [0.4, 0.5) is 0 Å².